The maximum atomic E-state index is 12.9. The third-order valence-corrected chi connectivity index (χ3v) is 1.41. The molecular formula is C8H14FNO2. The molecule has 0 bridgehead atoms. The first-order valence-corrected chi connectivity index (χ1v) is 4.01. The molecule has 1 N–H and O–H groups in total. The van der Waals surface area contributed by atoms with Crippen molar-refractivity contribution in [1.82, 2.24) is 5.32 Å². The van der Waals surface area contributed by atoms with Gasteiger partial charge in [-0.25, -0.2) is 9.18 Å². The molecule has 1 rings (SSSR count). The van der Waals surface area contributed by atoms with Crippen LogP contribution in [0.25, 0.3) is 0 Å². The summed E-state index contributed by atoms with van der Waals surface area (Å²) in [5, 5.41) is 2.16. The summed E-state index contributed by atoms with van der Waals surface area (Å²) >= 11 is 0. The molecule has 0 aromatic heterocycles. The number of alkyl halides is 1. The lowest BCUT2D eigenvalue weighted by atomic mass is 10.2. The summed E-state index contributed by atoms with van der Waals surface area (Å²) in [4.78, 5) is 10.9. The summed E-state index contributed by atoms with van der Waals surface area (Å²) in [6.45, 7) is 5.22. The quantitative estimate of drug-likeness (QED) is 0.619. The first-order chi connectivity index (χ1) is 5.31. The minimum atomic E-state index is -1.48. The maximum absolute atomic E-state index is 12.9. The monoisotopic (exact) mass is 175 g/mol. The summed E-state index contributed by atoms with van der Waals surface area (Å²) in [5.41, 5.74) is -0.560. The van der Waals surface area contributed by atoms with Gasteiger partial charge in [0.05, 0.1) is 0 Å². The molecule has 3 nitrogen and oxygen atoms in total. The molecule has 0 radical (unpaired) electrons. The Kier molecular flexibility index (Phi) is 2.02. The highest BCUT2D eigenvalue weighted by atomic mass is 19.1. The Morgan fingerprint density at radius 1 is 1.50 bits per heavy atom. The SMILES string of the molecule is CC(C)(C)OC(=O)NC1(F)CC1. The van der Waals surface area contributed by atoms with Crippen LogP contribution in [0.2, 0.25) is 0 Å². The number of rotatable bonds is 1. The van der Waals surface area contributed by atoms with Crippen LogP contribution in [-0.2, 0) is 4.74 Å². The summed E-state index contributed by atoms with van der Waals surface area (Å²) < 4.78 is 17.8. The van der Waals surface area contributed by atoms with Gasteiger partial charge in [-0.3, -0.25) is 5.32 Å². The van der Waals surface area contributed by atoms with Crippen LogP contribution in [0.5, 0.6) is 0 Å². The lowest BCUT2D eigenvalue weighted by Crippen LogP contribution is -2.38. The second kappa shape index (κ2) is 2.61. The van der Waals surface area contributed by atoms with Crippen molar-refractivity contribution in [3.63, 3.8) is 0 Å². The first kappa shape index (κ1) is 9.29. The van der Waals surface area contributed by atoms with Crippen molar-refractivity contribution in [3.8, 4) is 0 Å². The van der Waals surface area contributed by atoms with E-state index >= 15 is 0 Å². The zero-order valence-electron chi connectivity index (χ0n) is 7.61. The minimum Gasteiger partial charge on any atom is -0.444 e. The lowest BCUT2D eigenvalue weighted by Gasteiger charge is -2.20. The van der Waals surface area contributed by atoms with Gasteiger partial charge in [0.25, 0.3) is 0 Å². The number of amides is 1. The Balaban J connectivity index is 2.30. The summed E-state index contributed by atoms with van der Waals surface area (Å²) in [5.74, 6) is -1.48. The molecule has 4 heteroatoms. The molecular weight excluding hydrogens is 161 g/mol. The van der Waals surface area contributed by atoms with E-state index in [-0.39, 0.29) is 0 Å². The number of alkyl carbamates (subject to hydrolysis) is 1. The second-order valence-electron chi connectivity index (χ2n) is 4.09. The van der Waals surface area contributed by atoms with E-state index in [0.29, 0.717) is 12.8 Å². The van der Waals surface area contributed by atoms with Gasteiger partial charge in [0.2, 0.25) is 0 Å². The summed E-state index contributed by atoms with van der Waals surface area (Å²) in [7, 11) is 0. The molecule has 0 unspecified atom stereocenters. The molecule has 1 saturated carbocycles. The van der Waals surface area contributed by atoms with E-state index in [1.54, 1.807) is 20.8 Å². The largest absolute Gasteiger partial charge is 0.444 e. The molecule has 0 atom stereocenters. The molecule has 12 heavy (non-hydrogen) atoms. The molecule has 0 spiro atoms. The molecule has 70 valence electrons. The van der Waals surface area contributed by atoms with E-state index in [1.807, 2.05) is 0 Å². The molecule has 0 saturated heterocycles. The van der Waals surface area contributed by atoms with Crippen LogP contribution >= 0.6 is 0 Å². The molecule has 0 heterocycles. The number of hydrogen-bond acceptors (Lipinski definition) is 2. The van der Waals surface area contributed by atoms with Crippen LogP contribution in [-0.4, -0.2) is 17.5 Å². The fourth-order valence-electron chi connectivity index (χ4n) is 0.721. The number of ether oxygens (including phenoxy) is 1. The highest BCUT2D eigenvalue weighted by Gasteiger charge is 2.45. The number of carbonyl (C=O) groups excluding carboxylic acids is 1. The van der Waals surface area contributed by atoms with Crippen LogP contribution in [0.3, 0.4) is 0 Å². The van der Waals surface area contributed by atoms with Gasteiger partial charge in [-0.05, 0) is 20.8 Å². The van der Waals surface area contributed by atoms with Crippen molar-refractivity contribution < 1.29 is 13.9 Å². The number of carbonyl (C=O) groups is 1. The van der Waals surface area contributed by atoms with Gasteiger partial charge in [-0.15, -0.1) is 0 Å². The van der Waals surface area contributed by atoms with Crippen LogP contribution in [0.15, 0.2) is 0 Å². The molecule has 1 aliphatic carbocycles. The van der Waals surface area contributed by atoms with Gasteiger partial charge in [0.15, 0.2) is 5.79 Å². The van der Waals surface area contributed by atoms with Crippen LogP contribution in [0.1, 0.15) is 33.6 Å². The fraction of sp³-hybridized carbons (Fsp3) is 0.875. The second-order valence-corrected chi connectivity index (χ2v) is 4.09. The number of nitrogens with one attached hydrogen (secondary N) is 1. The summed E-state index contributed by atoms with van der Waals surface area (Å²) in [6, 6.07) is 0. The summed E-state index contributed by atoms with van der Waals surface area (Å²) in [6.07, 6.45) is 0.112. The number of halogens is 1. The van der Waals surface area contributed by atoms with E-state index in [2.05, 4.69) is 5.32 Å². The van der Waals surface area contributed by atoms with Gasteiger partial charge in [-0.2, -0.15) is 0 Å². The average Bonchev–Trinajstić information content (AvgIpc) is 2.40. The van der Waals surface area contributed by atoms with Crippen molar-refractivity contribution in [2.45, 2.75) is 45.0 Å². The van der Waals surface area contributed by atoms with Gasteiger partial charge < -0.3 is 4.74 Å². The highest BCUT2D eigenvalue weighted by Crippen LogP contribution is 2.36. The fourth-order valence-corrected chi connectivity index (χ4v) is 0.721. The van der Waals surface area contributed by atoms with Crippen LogP contribution in [0, 0.1) is 0 Å². The third-order valence-electron chi connectivity index (χ3n) is 1.41. The smallest absolute Gasteiger partial charge is 0.410 e. The average molecular weight is 175 g/mol. The zero-order chi connectivity index (χ0) is 9.41. The maximum Gasteiger partial charge on any atom is 0.410 e. The number of hydrogen-bond donors (Lipinski definition) is 1. The van der Waals surface area contributed by atoms with E-state index < -0.39 is 17.5 Å². The van der Waals surface area contributed by atoms with Gasteiger partial charge in [0.1, 0.15) is 5.60 Å². The standard InChI is InChI=1S/C8H14FNO2/c1-7(2,3)12-6(11)10-8(9)4-5-8/h4-5H2,1-3H3,(H,10,11). The predicted molar refractivity (Wildman–Crippen MR) is 42.4 cm³/mol. The Hall–Kier alpha value is -0.800. The van der Waals surface area contributed by atoms with Crippen molar-refractivity contribution in [3.05, 3.63) is 0 Å². The van der Waals surface area contributed by atoms with E-state index in [1.165, 1.54) is 0 Å². The van der Waals surface area contributed by atoms with E-state index in [9.17, 15) is 9.18 Å². The topological polar surface area (TPSA) is 38.3 Å². The van der Waals surface area contributed by atoms with Gasteiger partial charge >= 0.3 is 6.09 Å². The Labute approximate surface area is 71.3 Å². The Morgan fingerprint density at radius 3 is 2.33 bits per heavy atom. The van der Waals surface area contributed by atoms with Gasteiger partial charge in [-0.1, -0.05) is 0 Å². The van der Waals surface area contributed by atoms with Crippen molar-refractivity contribution in [2.24, 2.45) is 0 Å². The van der Waals surface area contributed by atoms with Crippen LogP contribution in [0.4, 0.5) is 9.18 Å². The first-order valence-electron chi connectivity index (χ1n) is 4.01. The normalized spacial score (nSPS) is 20.0. The molecule has 0 aromatic carbocycles. The third kappa shape index (κ3) is 3.07. The van der Waals surface area contributed by atoms with Crippen molar-refractivity contribution in [1.29, 1.82) is 0 Å². The minimum absolute atomic E-state index is 0.395. The predicted octanol–water partition coefficient (Wildman–Crippen LogP) is 1.97. The molecule has 1 amide bonds. The molecule has 0 aliphatic heterocycles. The van der Waals surface area contributed by atoms with Gasteiger partial charge in [0, 0.05) is 12.8 Å². The molecule has 0 aromatic rings. The van der Waals surface area contributed by atoms with Crippen molar-refractivity contribution in [2.75, 3.05) is 0 Å². The Bertz CT molecular complexity index is 184. The molecule has 1 aliphatic rings. The zero-order valence-corrected chi connectivity index (χ0v) is 7.61. The lowest BCUT2D eigenvalue weighted by molar-refractivity contribution is 0.0433. The van der Waals surface area contributed by atoms with Crippen molar-refractivity contribution >= 4 is 6.09 Å². The highest BCUT2D eigenvalue weighted by molar-refractivity contribution is 5.69. The van der Waals surface area contributed by atoms with E-state index in [4.69, 9.17) is 4.74 Å². The van der Waals surface area contributed by atoms with E-state index in [0.717, 1.165) is 0 Å². The Morgan fingerprint density at radius 2 is 2.00 bits per heavy atom. The van der Waals surface area contributed by atoms with Crippen LogP contribution < -0.4 is 5.32 Å². The molecule has 1 fully saturated rings.